The number of nitrogens with zero attached hydrogens (tertiary/aromatic N) is 2. The second-order valence-corrected chi connectivity index (χ2v) is 7.32. The average Bonchev–Trinajstić information content (AvgIpc) is 2.99. The molecule has 0 aliphatic carbocycles. The third-order valence-electron chi connectivity index (χ3n) is 5.27. The van der Waals surface area contributed by atoms with Crippen molar-refractivity contribution in [3.63, 3.8) is 0 Å². The van der Waals surface area contributed by atoms with E-state index in [0.29, 0.717) is 11.1 Å². The van der Waals surface area contributed by atoms with E-state index < -0.39 is 11.7 Å². The zero-order valence-electron chi connectivity index (χ0n) is 16.8. The molecule has 3 aromatic carbocycles. The lowest BCUT2D eigenvalue weighted by Crippen LogP contribution is -2.05. The minimum Gasteiger partial charge on any atom is -0.506 e. The fourth-order valence-electron chi connectivity index (χ4n) is 3.44. The maximum absolute atomic E-state index is 13.4. The second-order valence-electron chi connectivity index (χ2n) is 7.32. The highest BCUT2D eigenvalue weighted by atomic mass is 19.4. The minimum absolute atomic E-state index is 0.0458. The monoisotopic (exact) mass is 424 g/mol. The van der Waals surface area contributed by atoms with Gasteiger partial charge in [-0.2, -0.15) is 13.2 Å². The summed E-state index contributed by atoms with van der Waals surface area (Å²) in [5.74, 6) is -0.285. The third-order valence-corrected chi connectivity index (χ3v) is 5.27. The molecule has 4 rings (SSSR count). The molecular formula is C24H19F3N2O2. The lowest BCUT2D eigenvalue weighted by Gasteiger charge is -2.11. The molecular weight excluding hydrogens is 405 g/mol. The number of halogens is 3. The second kappa shape index (κ2) is 7.50. The smallest absolute Gasteiger partial charge is 0.416 e. The number of aromatic hydroxyl groups is 2. The Morgan fingerprint density at radius 1 is 0.903 bits per heavy atom. The van der Waals surface area contributed by atoms with Gasteiger partial charge in [0.25, 0.3) is 0 Å². The Morgan fingerprint density at radius 2 is 1.65 bits per heavy atom. The van der Waals surface area contributed by atoms with Crippen LogP contribution in [-0.4, -0.2) is 21.0 Å². The van der Waals surface area contributed by atoms with E-state index in [1.54, 1.807) is 30.3 Å². The van der Waals surface area contributed by atoms with Gasteiger partial charge in [-0.1, -0.05) is 24.3 Å². The Balaban J connectivity index is 1.98. The predicted molar refractivity (Wildman–Crippen MR) is 115 cm³/mol. The summed E-state index contributed by atoms with van der Waals surface area (Å²) in [5, 5.41) is 21.3. The number of rotatable bonds is 3. The van der Waals surface area contributed by atoms with Crippen molar-refractivity contribution in [1.29, 1.82) is 0 Å². The first-order valence-electron chi connectivity index (χ1n) is 9.51. The summed E-state index contributed by atoms with van der Waals surface area (Å²) in [6, 6.07) is 15.1. The first kappa shape index (κ1) is 20.5. The quantitative estimate of drug-likeness (QED) is 0.373. The number of hydrogen-bond donors (Lipinski definition) is 2. The van der Waals surface area contributed by atoms with Crippen molar-refractivity contribution in [2.24, 2.45) is 4.99 Å². The molecule has 0 aliphatic heterocycles. The van der Waals surface area contributed by atoms with Gasteiger partial charge in [-0.15, -0.1) is 0 Å². The number of aliphatic imine (C=N–C) groups is 1. The zero-order valence-corrected chi connectivity index (χ0v) is 16.8. The van der Waals surface area contributed by atoms with Crippen molar-refractivity contribution < 1.29 is 23.4 Å². The molecule has 0 atom stereocenters. The highest BCUT2D eigenvalue weighted by Crippen LogP contribution is 2.38. The summed E-state index contributed by atoms with van der Waals surface area (Å²) in [4.78, 5) is 4.23. The number of benzene rings is 3. The highest BCUT2D eigenvalue weighted by Gasteiger charge is 2.31. The fraction of sp³-hybridized carbons (Fsp3) is 0.125. The Kier molecular flexibility index (Phi) is 4.97. The van der Waals surface area contributed by atoms with E-state index in [4.69, 9.17) is 0 Å². The van der Waals surface area contributed by atoms with Crippen LogP contribution in [0, 0.1) is 13.8 Å². The van der Waals surface area contributed by atoms with Crippen molar-refractivity contribution in [2.45, 2.75) is 20.0 Å². The van der Waals surface area contributed by atoms with E-state index in [1.807, 2.05) is 19.9 Å². The largest absolute Gasteiger partial charge is 0.506 e. The summed E-state index contributed by atoms with van der Waals surface area (Å²) in [6.07, 6.45) is -3.18. The summed E-state index contributed by atoms with van der Waals surface area (Å²) >= 11 is 0. The molecule has 0 unspecified atom stereocenters. The van der Waals surface area contributed by atoms with Crippen LogP contribution < -0.4 is 0 Å². The van der Waals surface area contributed by atoms with Gasteiger partial charge in [0.2, 0.25) is 5.88 Å². The first-order chi connectivity index (χ1) is 14.7. The molecule has 0 radical (unpaired) electrons. The van der Waals surface area contributed by atoms with Crippen molar-refractivity contribution in [3.8, 4) is 17.3 Å². The molecule has 2 N–H and O–H groups in total. The highest BCUT2D eigenvalue weighted by molar-refractivity contribution is 6.04. The number of para-hydroxylation sites is 2. The van der Waals surface area contributed by atoms with Crippen molar-refractivity contribution in [3.05, 3.63) is 82.9 Å². The van der Waals surface area contributed by atoms with Crippen LogP contribution in [0.5, 0.6) is 11.6 Å². The van der Waals surface area contributed by atoms with Crippen LogP contribution >= 0.6 is 0 Å². The van der Waals surface area contributed by atoms with E-state index in [0.717, 1.165) is 23.3 Å². The minimum atomic E-state index is -4.52. The maximum atomic E-state index is 13.4. The van der Waals surface area contributed by atoms with E-state index in [2.05, 4.69) is 4.99 Å². The lowest BCUT2D eigenvalue weighted by atomic mass is 10.1. The van der Waals surface area contributed by atoms with E-state index in [1.165, 1.54) is 22.9 Å². The molecule has 4 aromatic rings. The van der Waals surface area contributed by atoms with E-state index >= 15 is 0 Å². The molecule has 31 heavy (non-hydrogen) atoms. The molecule has 4 nitrogen and oxygen atoms in total. The Bertz CT molecular complexity index is 1320. The Labute approximate surface area is 176 Å². The van der Waals surface area contributed by atoms with Gasteiger partial charge in [0, 0.05) is 17.3 Å². The van der Waals surface area contributed by atoms with Crippen LogP contribution in [0.3, 0.4) is 0 Å². The molecule has 0 aliphatic rings. The topological polar surface area (TPSA) is 57.8 Å². The number of alkyl halides is 3. The van der Waals surface area contributed by atoms with Crippen LogP contribution in [0.4, 0.5) is 18.9 Å². The summed E-state index contributed by atoms with van der Waals surface area (Å²) in [6.45, 7) is 3.82. The standard InChI is InChI=1S/C24H19F3N2O2/c1-14-7-9-17(11-15(14)2)29-21-12-16(24(25,26)27)8-10-18(21)19(23(29)31)13-28-20-5-3-4-6-22(20)30/h3-13,30-31H,1-2H3. The molecule has 0 saturated carbocycles. The number of hydrogen-bond acceptors (Lipinski definition) is 3. The molecule has 158 valence electrons. The summed E-state index contributed by atoms with van der Waals surface area (Å²) in [5.41, 5.74) is 2.42. The number of phenolic OH excluding ortho intramolecular Hbond substituents is 1. The normalized spacial score (nSPS) is 12.2. The maximum Gasteiger partial charge on any atom is 0.416 e. The van der Waals surface area contributed by atoms with Gasteiger partial charge in [-0.25, -0.2) is 0 Å². The van der Waals surface area contributed by atoms with Gasteiger partial charge >= 0.3 is 6.18 Å². The van der Waals surface area contributed by atoms with Gasteiger partial charge in [0.1, 0.15) is 11.4 Å². The van der Waals surface area contributed by atoms with E-state index in [-0.39, 0.29) is 28.4 Å². The van der Waals surface area contributed by atoms with Crippen molar-refractivity contribution in [2.75, 3.05) is 0 Å². The molecule has 7 heteroatoms. The van der Waals surface area contributed by atoms with Crippen LogP contribution in [0.2, 0.25) is 0 Å². The Morgan fingerprint density at radius 3 is 2.32 bits per heavy atom. The van der Waals surface area contributed by atoms with Crippen LogP contribution in [0.25, 0.3) is 16.6 Å². The molecule has 0 saturated heterocycles. The van der Waals surface area contributed by atoms with Crippen molar-refractivity contribution >= 4 is 22.8 Å². The van der Waals surface area contributed by atoms with Gasteiger partial charge in [0.15, 0.2) is 0 Å². The lowest BCUT2D eigenvalue weighted by molar-refractivity contribution is -0.137. The fourth-order valence-corrected chi connectivity index (χ4v) is 3.44. The predicted octanol–water partition coefficient (Wildman–Crippen LogP) is 6.43. The molecule has 0 amide bonds. The molecule has 0 spiro atoms. The molecule has 0 fully saturated rings. The number of fused-ring (bicyclic) bond motifs is 1. The zero-order chi connectivity index (χ0) is 22.3. The van der Waals surface area contributed by atoms with Gasteiger partial charge in [-0.3, -0.25) is 9.56 Å². The third kappa shape index (κ3) is 3.74. The summed E-state index contributed by atoms with van der Waals surface area (Å²) in [7, 11) is 0. The first-order valence-corrected chi connectivity index (χ1v) is 9.51. The van der Waals surface area contributed by atoms with Crippen LogP contribution in [0.1, 0.15) is 22.3 Å². The SMILES string of the molecule is Cc1ccc(-n2c(O)c(C=Nc3ccccc3O)c3ccc(C(F)(F)F)cc32)cc1C. The van der Waals surface area contributed by atoms with Crippen LogP contribution in [0.15, 0.2) is 65.7 Å². The molecule has 1 heterocycles. The van der Waals surface area contributed by atoms with Gasteiger partial charge in [0.05, 0.1) is 16.6 Å². The van der Waals surface area contributed by atoms with Gasteiger partial charge < -0.3 is 10.2 Å². The summed E-state index contributed by atoms with van der Waals surface area (Å²) < 4.78 is 41.5. The average molecular weight is 424 g/mol. The van der Waals surface area contributed by atoms with E-state index in [9.17, 15) is 23.4 Å². The van der Waals surface area contributed by atoms with Crippen molar-refractivity contribution in [1.82, 2.24) is 4.57 Å². The number of aromatic nitrogens is 1. The molecule has 0 bridgehead atoms. The number of aryl methyl sites for hydroxylation is 2. The van der Waals surface area contributed by atoms with Gasteiger partial charge in [-0.05, 0) is 61.4 Å². The Hall–Kier alpha value is -3.74. The van der Waals surface area contributed by atoms with Crippen LogP contribution in [-0.2, 0) is 6.18 Å². The number of phenols is 1. The molecule has 1 aromatic heterocycles.